The number of amides is 2. The second kappa shape index (κ2) is 7.06. The Hall–Kier alpha value is -2.67. The van der Waals surface area contributed by atoms with Crippen LogP contribution in [0.3, 0.4) is 0 Å². The lowest BCUT2D eigenvalue weighted by Crippen LogP contribution is -2.21. The van der Waals surface area contributed by atoms with Crippen molar-refractivity contribution in [3.8, 4) is 0 Å². The van der Waals surface area contributed by atoms with Gasteiger partial charge in [0, 0.05) is 32.4 Å². The van der Waals surface area contributed by atoms with Gasteiger partial charge in [0.2, 0.25) is 5.28 Å². The summed E-state index contributed by atoms with van der Waals surface area (Å²) in [5.74, 6) is -0.489. The van der Waals surface area contributed by atoms with Gasteiger partial charge in [0.05, 0.1) is 5.56 Å². The number of anilines is 1. The van der Waals surface area contributed by atoms with Crippen LogP contribution in [-0.2, 0) is 6.54 Å². The first-order chi connectivity index (χ1) is 10.9. The van der Waals surface area contributed by atoms with E-state index in [0.717, 1.165) is 5.56 Å². The van der Waals surface area contributed by atoms with E-state index in [1.54, 1.807) is 32.3 Å². The molecule has 0 aliphatic rings. The molecule has 1 aromatic heterocycles. The lowest BCUT2D eigenvalue weighted by molar-refractivity contribution is 0.0827. The van der Waals surface area contributed by atoms with Crippen LogP contribution < -0.4 is 11.1 Å². The average Bonchev–Trinajstić information content (AvgIpc) is 2.52. The fourth-order valence-electron chi connectivity index (χ4n) is 1.93. The number of carbonyl (C=O) groups is 2. The predicted molar refractivity (Wildman–Crippen MR) is 87.3 cm³/mol. The van der Waals surface area contributed by atoms with Gasteiger partial charge in [0.15, 0.2) is 0 Å². The first-order valence-electron chi connectivity index (χ1n) is 6.75. The minimum Gasteiger partial charge on any atom is -0.365 e. The molecule has 0 saturated heterocycles. The van der Waals surface area contributed by atoms with E-state index in [-0.39, 0.29) is 22.6 Å². The predicted octanol–water partition coefficient (Wildman–Crippen LogP) is 1.54. The van der Waals surface area contributed by atoms with Crippen molar-refractivity contribution < 1.29 is 9.59 Å². The SMILES string of the molecule is CN(C)C(=O)c1cccc(CNc2nc(Cl)ncc2C(N)=O)c1. The lowest BCUT2D eigenvalue weighted by Gasteiger charge is -2.12. The standard InChI is InChI=1S/C15H16ClN5O2/c1-21(2)14(23)10-5-3-4-9(6-10)7-18-13-11(12(17)22)8-19-15(16)20-13/h3-6,8H,7H2,1-2H3,(H2,17,22)(H,18,19,20). The first kappa shape index (κ1) is 16.7. The molecule has 0 radical (unpaired) electrons. The Bertz CT molecular complexity index is 748. The van der Waals surface area contributed by atoms with Crippen LogP contribution in [0.15, 0.2) is 30.5 Å². The molecule has 8 heteroatoms. The maximum Gasteiger partial charge on any atom is 0.254 e. The number of nitrogens with zero attached hydrogens (tertiary/aromatic N) is 3. The maximum absolute atomic E-state index is 12.0. The Labute approximate surface area is 138 Å². The van der Waals surface area contributed by atoms with Gasteiger partial charge in [-0.15, -0.1) is 0 Å². The van der Waals surface area contributed by atoms with E-state index < -0.39 is 5.91 Å². The third kappa shape index (κ3) is 4.17. The van der Waals surface area contributed by atoms with Crippen LogP contribution in [0.2, 0.25) is 5.28 Å². The van der Waals surface area contributed by atoms with Gasteiger partial charge in [-0.25, -0.2) is 4.98 Å². The van der Waals surface area contributed by atoms with Crippen molar-refractivity contribution in [3.05, 3.63) is 52.4 Å². The molecule has 0 spiro atoms. The molecule has 2 amide bonds. The molecule has 1 aromatic carbocycles. The molecule has 2 rings (SSSR count). The molecule has 23 heavy (non-hydrogen) atoms. The summed E-state index contributed by atoms with van der Waals surface area (Å²) in [4.78, 5) is 32.5. The smallest absolute Gasteiger partial charge is 0.254 e. The minimum absolute atomic E-state index is 0.00837. The molecule has 2 aromatic rings. The highest BCUT2D eigenvalue weighted by Crippen LogP contribution is 2.15. The van der Waals surface area contributed by atoms with Crippen molar-refractivity contribution >= 4 is 29.2 Å². The Morgan fingerprint density at radius 3 is 2.74 bits per heavy atom. The Morgan fingerprint density at radius 1 is 1.35 bits per heavy atom. The molecule has 7 nitrogen and oxygen atoms in total. The van der Waals surface area contributed by atoms with Gasteiger partial charge in [-0.05, 0) is 29.3 Å². The van der Waals surface area contributed by atoms with Crippen LogP contribution in [0, 0.1) is 0 Å². The number of primary amides is 1. The second-order valence-electron chi connectivity index (χ2n) is 5.02. The summed E-state index contributed by atoms with van der Waals surface area (Å²) < 4.78 is 0. The van der Waals surface area contributed by atoms with Gasteiger partial charge in [0.25, 0.3) is 11.8 Å². The minimum atomic E-state index is -0.652. The molecule has 0 atom stereocenters. The highest BCUT2D eigenvalue weighted by atomic mass is 35.5. The van der Waals surface area contributed by atoms with Gasteiger partial charge in [-0.3, -0.25) is 9.59 Å². The molecule has 0 aliphatic carbocycles. The summed E-state index contributed by atoms with van der Waals surface area (Å²) in [6.45, 7) is 0.349. The first-order valence-corrected chi connectivity index (χ1v) is 7.13. The molecular weight excluding hydrogens is 318 g/mol. The number of rotatable bonds is 5. The highest BCUT2D eigenvalue weighted by molar-refractivity contribution is 6.28. The zero-order valence-electron chi connectivity index (χ0n) is 12.7. The van der Waals surface area contributed by atoms with E-state index in [0.29, 0.717) is 12.1 Å². The van der Waals surface area contributed by atoms with Gasteiger partial charge < -0.3 is 16.0 Å². The van der Waals surface area contributed by atoms with Crippen LogP contribution in [0.25, 0.3) is 0 Å². The van der Waals surface area contributed by atoms with Gasteiger partial charge >= 0.3 is 0 Å². The van der Waals surface area contributed by atoms with Crippen LogP contribution >= 0.6 is 11.6 Å². The summed E-state index contributed by atoms with van der Waals surface area (Å²) in [6.07, 6.45) is 1.27. The van der Waals surface area contributed by atoms with Crippen molar-refractivity contribution in [2.45, 2.75) is 6.54 Å². The van der Waals surface area contributed by atoms with Crippen LogP contribution in [-0.4, -0.2) is 40.8 Å². The zero-order valence-corrected chi connectivity index (χ0v) is 13.5. The number of carbonyl (C=O) groups excluding carboxylic acids is 2. The van der Waals surface area contributed by atoms with E-state index in [4.69, 9.17) is 17.3 Å². The molecule has 3 N–H and O–H groups in total. The summed E-state index contributed by atoms with van der Waals surface area (Å²) in [6, 6.07) is 7.15. The quantitative estimate of drug-likeness (QED) is 0.808. The third-order valence-electron chi connectivity index (χ3n) is 3.06. The number of nitrogens with one attached hydrogen (secondary N) is 1. The molecule has 1 heterocycles. The number of halogens is 1. The number of benzene rings is 1. The highest BCUT2D eigenvalue weighted by Gasteiger charge is 2.12. The van der Waals surface area contributed by atoms with Crippen molar-refractivity contribution in [1.82, 2.24) is 14.9 Å². The molecular formula is C15H16ClN5O2. The Kier molecular flexibility index (Phi) is 5.13. The van der Waals surface area contributed by atoms with E-state index in [1.807, 2.05) is 6.07 Å². The van der Waals surface area contributed by atoms with E-state index in [9.17, 15) is 9.59 Å². The van der Waals surface area contributed by atoms with Gasteiger partial charge in [0.1, 0.15) is 5.82 Å². The maximum atomic E-state index is 12.0. The van der Waals surface area contributed by atoms with Crippen molar-refractivity contribution in [2.24, 2.45) is 5.73 Å². The second-order valence-corrected chi connectivity index (χ2v) is 5.36. The topological polar surface area (TPSA) is 101 Å². The van der Waals surface area contributed by atoms with Crippen LogP contribution in [0.5, 0.6) is 0 Å². The molecule has 0 fully saturated rings. The number of nitrogens with two attached hydrogens (primary N) is 1. The Balaban J connectivity index is 2.19. The normalized spacial score (nSPS) is 10.2. The fraction of sp³-hybridized carbons (Fsp3) is 0.200. The van der Waals surface area contributed by atoms with Crippen molar-refractivity contribution in [1.29, 1.82) is 0 Å². The fourth-order valence-corrected chi connectivity index (χ4v) is 2.07. The zero-order chi connectivity index (χ0) is 17.0. The molecule has 120 valence electrons. The number of hydrogen-bond acceptors (Lipinski definition) is 5. The average molecular weight is 334 g/mol. The van der Waals surface area contributed by atoms with Crippen LogP contribution in [0.1, 0.15) is 26.3 Å². The van der Waals surface area contributed by atoms with Crippen LogP contribution in [0.4, 0.5) is 5.82 Å². The van der Waals surface area contributed by atoms with E-state index in [2.05, 4.69) is 15.3 Å². The molecule has 0 aliphatic heterocycles. The van der Waals surface area contributed by atoms with E-state index in [1.165, 1.54) is 11.1 Å². The van der Waals surface area contributed by atoms with Gasteiger partial charge in [-0.2, -0.15) is 4.98 Å². The summed E-state index contributed by atoms with van der Waals surface area (Å²) >= 11 is 5.74. The van der Waals surface area contributed by atoms with Gasteiger partial charge in [-0.1, -0.05) is 12.1 Å². The molecule has 0 bridgehead atoms. The monoisotopic (exact) mass is 333 g/mol. The van der Waals surface area contributed by atoms with Crippen molar-refractivity contribution in [2.75, 3.05) is 19.4 Å². The number of aromatic nitrogens is 2. The third-order valence-corrected chi connectivity index (χ3v) is 3.25. The Morgan fingerprint density at radius 2 is 2.09 bits per heavy atom. The number of hydrogen-bond donors (Lipinski definition) is 2. The summed E-state index contributed by atoms with van der Waals surface area (Å²) in [7, 11) is 3.38. The molecule has 0 unspecified atom stereocenters. The summed E-state index contributed by atoms with van der Waals surface area (Å²) in [5.41, 5.74) is 6.85. The lowest BCUT2D eigenvalue weighted by atomic mass is 10.1. The largest absolute Gasteiger partial charge is 0.365 e. The van der Waals surface area contributed by atoms with Crippen molar-refractivity contribution in [3.63, 3.8) is 0 Å². The van der Waals surface area contributed by atoms with E-state index >= 15 is 0 Å². The molecule has 0 saturated carbocycles. The summed E-state index contributed by atoms with van der Waals surface area (Å²) in [5, 5.41) is 2.99.